The minimum atomic E-state index is 0.692. The van der Waals surface area contributed by atoms with Crippen LogP contribution in [-0.2, 0) is 0 Å². The number of nitrogens with one attached hydrogen (secondary N) is 1. The van der Waals surface area contributed by atoms with Gasteiger partial charge in [-0.05, 0) is 18.2 Å². The van der Waals surface area contributed by atoms with Gasteiger partial charge in [-0.3, -0.25) is 0 Å². The van der Waals surface area contributed by atoms with Gasteiger partial charge in [-0.1, -0.05) is 22.9 Å². The summed E-state index contributed by atoms with van der Waals surface area (Å²) in [4.78, 5) is 12.3. The van der Waals surface area contributed by atoms with E-state index in [2.05, 4.69) is 20.3 Å². The van der Waals surface area contributed by atoms with Crippen molar-refractivity contribution in [3.8, 4) is 0 Å². The number of aromatic nitrogens is 3. The largest absolute Gasteiger partial charge is 0.329 e. The van der Waals surface area contributed by atoms with Crippen molar-refractivity contribution in [3.05, 3.63) is 41.9 Å². The second-order valence-electron chi connectivity index (χ2n) is 3.38. The van der Waals surface area contributed by atoms with Crippen LogP contribution in [0.2, 0.25) is 5.02 Å². The summed E-state index contributed by atoms with van der Waals surface area (Å²) in [6.07, 6.45) is 4.89. The molecule has 0 aliphatic rings. The molecule has 2 aromatic heterocycles. The summed E-state index contributed by atoms with van der Waals surface area (Å²) < 4.78 is 1.09. The van der Waals surface area contributed by atoms with Crippen molar-refractivity contribution >= 4 is 44.0 Å². The third kappa shape index (κ3) is 2.20. The van der Waals surface area contributed by atoms with Gasteiger partial charge in [-0.2, -0.15) is 0 Å². The third-order valence-corrected chi connectivity index (χ3v) is 3.35. The van der Waals surface area contributed by atoms with E-state index < -0.39 is 0 Å². The minimum Gasteiger partial charge on any atom is -0.329 e. The molecule has 0 saturated heterocycles. The quantitative estimate of drug-likeness (QED) is 0.768. The highest BCUT2D eigenvalue weighted by Gasteiger charge is 2.04. The SMILES string of the molecule is Clc1ccc2sc(Nc3cncnc3)nc2c1. The molecule has 6 heteroatoms. The van der Waals surface area contributed by atoms with E-state index in [0.29, 0.717) is 5.02 Å². The number of rotatable bonds is 2. The van der Waals surface area contributed by atoms with Gasteiger partial charge >= 0.3 is 0 Å². The van der Waals surface area contributed by atoms with Crippen LogP contribution in [0.25, 0.3) is 10.2 Å². The van der Waals surface area contributed by atoms with E-state index in [1.54, 1.807) is 23.7 Å². The molecule has 0 bridgehead atoms. The predicted molar refractivity (Wildman–Crippen MR) is 69.9 cm³/mol. The Hall–Kier alpha value is -1.72. The molecule has 1 aromatic carbocycles. The Balaban J connectivity index is 1.96. The summed E-state index contributed by atoms with van der Waals surface area (Å²) in [5.41, 5.74) is 1.71. The lowest BCUT2D eigenvalue weighted by Crippen LogP contribution is -1.90. The lowest BCUT2D eigenvalue weighted by molar-refractivity contribution is 1.17. The molecule has 0 aliphatic heterocycles. The van der Waals surface area contributed by atoms with E-state index in [0.717, 1.165) is 21.0 Å². The molecule has 0 aliphatic carbocycles. The predicted octanol–water partition coefficient (Wildman–Crippen LogP) is 3.48. The standard InChI is InChI=1S/C11H7ClN4S/c12-7-1-2-10-9(3-7)16-11(17-10)15-8-4-13-6-14-5-8/h1-6H,(H,15,16). The third-order valence-electron chi connectivity index (χ3n) is 2.16. The van der Waals surface area contributed by atoms with Crippen molar-refractivity contribution < 1.29 is 0 Å². The first-order chi connectivity index (χ1) is 8.31. The Bertz CT molecular complexity index is 653. The molecule has 0 fully saturated rings. The minimum absolute atomic E-state index is 0.692. The Morgan fingerprint density at radius 2 is 2.00 bits per heavy atom. The highest BCUT2D eigenvalue weighted by Crippen LogP contribution is 2.29. The van der Waals surface area contributed by atoms with Crippen LogP contribution in [0.3, 0.4) is 0 Å². The Morgan fingerprint density at radius 3 is 2.82 bits per heavy atom. The first-order valence-corrected chi connectivity index (χ1v) is 6.09. The molecule has 0 unspecified atom stereocenters. The molecule has 3 rings (SSSR count). The molecule has 1 N–H and O–H groups in total. The van der Waals surface area contributed by atoms with Crippen molar-refractivity contribution in [2.24, 2.45) is 0 Å². The zero-order valence-corrected chi connectivity index (χ0v) is 10.2. The molecular weight excluding hydrogens is 256 g/mol. The van der Waals surface area contributed by atoms with E-state index in [4.69, 9.17) is 11.6 Å². The van der Waals surface area contributed by atoms with Gasteiger partial charge in [0.05, 0.1) is 28.3 Å². The van der Waals surface area contributed by atoms with Crippen molar-refractivity contribution in [2.75, 3.05) is 5.32 Å². The van der Waals surface area contributed by atoms with Crippen molar-refractivity contribution in [1.82, 2.24) is 15.0 Å². The molecule has 17 heavy (non-hydrogen) atoms. The lowest BCUT2D eigenvalue weighted by atomic mass is 10.3. The van der Waals surface area contributed by atoms with Crippen LogP contribution in [0.1, 0.15) is 0 Å². The number of nitrogens with zero attached hydrogens (tertiary/aromatic N) is 3. The van der Waals surface area contributed by atoms with Gasteiger partial charge in [-0.15, -0.1) is 0 Å². The number of fused-ring (bicyclic) bond motifs is 1. The van der Waals surface area contributed by atoms with Crippen molar-refractivity contribution in [1.29, 1.82) is 0 Å². The molecule has 84 valence electrons. The highest BCUT2D eigenvalue weighted by atomic mass is 35.5. The summed E-state index contributed by atoms with van der Waals surface area (Å²) in [5, 5.41) is 4.65. The van der Waals surface area contributed by atoms with E-state index in [1.165, 1.54) is 6.33 Å². The van der Waals surface area contributed by atoms with Crippen molar-refractivity contribution in [3.63, 3.8) is 0 Å². The maximum atomic E-state index is 5.91. The van der Waals surface area contributed by atoms with E-state index in [1.807, 2.05) is 18.2 Å². The summed E-state index contributed by atoms with van der Waals surface area (Å²) in [6, 6.07) is 5.67. The van der Waals surface area contributed by atoms with Gasteiger partial charge < -0.3 is 5.32 Å². The monoisotopic (exact) mass is 262 g/mol. The fourth-order valence-corrected chi connectivity index (χ4v) is 2.47. The van der Waals surface area contributed by atoms with Gasteiger partial charge in [0, 0.05) is 5.02 Å². The zero-order chi connectivity index (χ0) is 11.7. The summed E-state index contributed by atoms with van der Waals surface area (Å²) in [7, 11) is 0. The molecule has 0 spiro atoms. The Kier molecular flexibility index (Phi) is 2.62. The van der Waals surface area contributed by atoms with Crippen LogP contribution in [0.4, 0.5) is 10.8 Å². The number of hydrogen-bond donors (Lipinski definition) is 1. The van der Waals surface area contributed by atoms with Crippen molar-refractivity contribution in [2.45, 2.75) is 0 Å². The highest BCUT2D eigenvalue weighted by molar-refractivity contribution is 7.22. The van der Waals surface area contributed by atoms with Gasteiger partial charge in [0.25, 0.3) is 0 Å². The molecular formula is C11H7ClN4S. The number of benzene rings is 1. The Labute approximate surface area is 106 Å². The molecule has 0 saturated carbocycles. The van der Waals surface area contributed by atoms with E-state index >= 15 is 0 Å². The van der Waals surface area contributed by atoms with Gasteiger partial charge in [-0.25, -0.2) is 15.0 Å². The van der Waals surface area contributed by atoms with Crippen LogP contribution in [-0.4, -0.2) is 15.0 Å². The van der Waals surface area contributed by atoms with Crippen LogP contribution >= 0.6 is 22.9 Å². The zero-order valence-electron chi connectivity index (χ0n) is 8.59. The average Bonchev–Trinajstić information content (AvgIpc) is 2.71. The first kappa shape index (κ1) is 10.4. The molecule has 3 aromatic rings. The fourth-order valence-electron chi connectivity index (χ4n) is 1.44. The van der Waals surface area contributed by atoms with Crippen LogP contribution in [0, 0.1) is 0 Å². The summed E-state index contributed by atoms with van der Waals surface area (Å²) in [5.74, 6) is 0. The molecule has 0 amide bonds. The maximum absolute atomic E-state index is 5.91. The fraction of sp³-hybridized carbons (Fsp3) is 0. The average molecular weight is 263 g/mol. The topological polar surface area (TPSA) is 50.7 Å². The number of hydrogen-bond acceptors (Lipinski definition) is 5. The van der Waals surface area contributed by atoms with E-state index in [9.17, 15) is 0 Å². The van der Waals surface area contributed by atoms with E-state index in [-0.39, 0.29) is 0 Å². The molecule has 0 radical (unpaired) electrons. The maximum Gasteiger partial charge on any atom is 0.188 e. The summed E-state index contributed by atoms with van der Waals surface area (Å²) >= 11 is 7.48. The number of anilines is 2. The van der Waals surface area contributed by atoms with Gasteiger partial charge in [0.2, 0.25) is 0 Å². The molecule has 2 heterocycles. The first-order valence-electron chi connectivity index (χ1n) is 4.89. The summed E-state index contributed by atoms with van der Waals surface area (Å²) in [6.45, 7) is 0. The van der Waals surface area contributed by atoms with Gasteiger partial charge in [0.1, 0.15) is 6.33 Å². The molecule has 4 nitrogen and oxygen atoms in total. The smallest absolute Gasteiger partial charge is 0.188 e. The number of halogens is 1. The van der Waals surface area contributed by atoms with Crippen LogP contribution < -0.4 is 5.32 Å². The second-order valence-corrected chi connectivity index (χ2v) is 4.85. The lowest BCUT2D eigenvalue weighted by Gasteiger charge is -1.98. The number of thiazole rings is 1. The Morgan fingerprint density at radius 1 is 1.18 bits per heavy atom. The van der Waals surface area contributed by atoms with Gasteiger partial charge in [0.15, 0.2) is 5.13 Å². The van der Waals surface area contributed by atoms with Crippen LogP contribution in [0.15, 0.2) is 36.9 Å². The normalized spacial score (nSPS) is 10.6. The van der Waals surface area contributed by atoms with Crippen LogP contribution in [0.5, 0.6) is 0 Å². The second kappa shape index (κ2) is 4.27. The molecule has 0 atom stereocenters.